The van der Waals surface area contributed by atoms with Gasteiger partial charge in [-0.3, -0.25) is 10.1 Å². The van der Waals surface area contributed by atoms with E-state index in [2.05, 4.69) is 5.32 Å². The highest BCUT2D eigenvalue weighted by Gasteiger charge is 2.39. The SMILES string of the molecule is Cc1ccc(N(C)CC(C)(NC2CC2)C(=O)O)cc1. The van der Waals surface area contributed by atoms with Crippen LogP contribution in [0.1, 0.15) is 25.3 Å². The van der Waals surface area contributed by atoms with Crippen LogP contribution in [0.2, 0.25) is 0 Å². The average molecular weight is 262 g/mol. The topological polar surface area (TPSA) is 52.6 Å². The largest absolute Gasteiger partial charge is 0.480 e. The monoisotopic (exact) mass is 262 g/mol. The number of benzene rings is 1. The first-order valence-electron chi connectivity index (χ1n) is 6.69. The fourth-order valence-corrected chi connectivity index (χ4v) is 2.22. The highest BCUT2D eigenvalue weighted by atomic mass is 16.4. The number of likely N-dealkylation sites (N-methyl/N-ethyl adjacent to an activating group) is 1. The fraction of sp³-hybridized carbons (Fsp3) is 0.533. The molecule has 1 aromatic carbocycles. The molecule has 4 nitrogen and oxygen atoms in total. The van der Waals surface area contributed by atoms with Crippen molar-refractivity contribution in [2.75, 3.05) is 18.5 Å². The molecular weight excluding hydrogens is 240 g/mol. The second kappa shape index (κ2) is 5.21. The van der Waals surface area contributed by atoms with E-state index in [9.17, 15) is 9.90 Å². The quantitative estimate of drug-likeness (QED) is 0.823. The lowest BCUT2D eigenvalue weighted by molar-refractivity contribution is -0.143. The first-order valence-corrected chi connectivity index (χ1v) is 6.69. The van der Waals surface area contributed by atoms with Crippen LogP contribution in [0.5, 0.6) is 0 Å². The minimum absolute atomic E-state index is 0.368. The van der Waals surface area contributed by atoms with Crippen LogP contribution in [0.25, 0.3) is 0 Å². The van der Waals surface area contributed by atoms with E-state index in [0.29, 0.717) is 12.6 Å². The molecule has 0 spiro atoms. The zero-order chi connectivity index (χ0) is 14.0. The molecule has 104 valence electrons. The maximum Gasteiger partial charge on any atom is 0.325 e. The fourth-order valence-electron chi connectivity index (χ4n) is 2.22. The predicted molar refractivity (Wildman–Crippen MR) is 76.6 cm³/mol. The van der Waals surface area contributed by atoms with E-state index in [1.165, 1.54) is 5.56 Å². The molecule has 1 fully saturated rings. The average Bonchev–Trinajstić information content (AvgIpc) is 3.13. The Balaban J connectivity index is 2.07. The highest BCUT2D eigenvalue weighted by molar-refractivity contribution is 5.79. The third-order valence-electron chi connectivity index (χ3n) is 3.60. The number of nitrogens with one attached hydrogen (secondary N) is 1. The van der Waals surface area contributed by atoms with Gasteiger partial charge in [-0.25, -0.2) is 0 Å². The number of aryl methyl sites for hydroxylation is 1. The van der Waals surface area contributed by atoms with E-state index in [1.54, 1.807) is 6.92 Å². The molecule has 0 radical (unpaired) electrons. The third-order valence-corrected chi connectivity index (χ3v) is 3.60. The molecule has 0 aliphatic heterocycles. The van der Waals surface area contributed by atoms with E-state index in [4.69, 9.17) is 0 Å². The van der Waals surface area contributed by atoms with Crippen LogP contribution >= 0.6 is 0 Å². The van der Waals surface area contributed by atoms with Crippen LogP contribution < -0.4 is 10.2 Å². The normalized spacial score (nSPS) is 17.8. The summed E-state index contributed by atoms with van der Waals surface area (Å²) < 4.78 is 0. The van der Waals surface area contributed by atoms with E-state index in [-0.39, 0.29) is 0 Å². The van der Waals surface area contributed by atoms with Gasteiger partial charge in [-0.1, -0.05) is 17.7 Å². The Labute approximate surface area is 114 Å². The molecular formula is C15H22N2O2. The minimum Gasteiger partial charge on any atom is -0.480 e. The smallest absolute Gasteiger partial charge is 0.325 e. The van der Waals surface area contributed by atoms with Crippen molar-refractivity contribution in [2.24, 2.45) is 0 Å². The van der Waals surface area contributed by atoms with E-state index in [0.717, 1.165) is 18.5 Å². The van der Waals surface area contributed by atoms with Crippen LogP contribution in [-0.2, 0) is 4.79 Å². The summed E-state index contributed by atoms with van der Waals surface area (Å²) in [6.45, 7) is 4.25. The van der Waals surface area contributed by atoms with E-state index < -0.39 is 11.5 Å². The van der Waals surface area contributed by atoms with Crippen molar-refractivity contribution < 1.29 is 9.90 Å². The van der Waals surface area contributed by atoms with Gasteiger partial charge in [-0.05, 0) is 38.8 Å². The molecule has 0 saturated heterocycles. The zero-order valence-corrected chi connectivity index (χ0v) is 11.8. The number of carbonyl (C=O) groups is 1. The number of hydrogen-bond acceptors (Lipinski definition) is 3. The van der Waals surface area contributed by atoms with Crippen molar-refractivity contribution in [1.82, 2.24) is 5.32 Å². The van der Waals surface area contributed by atoms with Gasteiger partial charge in [0, 0.05) is 25.3 Å². The number of hydrogen-bond donors (Lipinski definition) is 2. The van der Waals surface area contributed by atoms with Gasteiger partial charge in [-0.2, -0.15) is 0 Å². The van der Waals surface area contributed by atoms with Gasteiger partial charge < -0.3 is 10.0 Å². The van der Waals surface area contributed by atoms with Crippen molar-refractivity contribution in [3.63, 3.8) is 0 Å². The van der Waals surface area contributed by atoms with E-state index >= 15 is 0 Å². The second-order valence-corrected chi connectivity index (χ2v) is 5.75. The Hall–Kier alpha value is -1.55. The molecule has 0 bridgehead atoms. The Bertz CT molecular complexity index is 454. The Morgan fingerprint density at radius 3 is 2.47 bits per heavy atom. The van der Waals surface area contributed by atoms with Gasteiger partial charge in [0.05, 0.1) is 0 Å². The summed E-state index contributed by atoms with van der Waals surface area (Å²) in [7, 11) is 1.93. The number of anilines is 1. The molecule has 2 rings (SSSR count). The number of carboxylic acids is 1. The minimum atomic E-state index is -0.902. The Morgan fingerprint density at radius 2 is 2.00 bits per heavy atom. The number of rotatable bonds is 6. The van der Waals surface area contributed by atoms with Gasteiger partial charge in [0.1, 0.15) is 5.54 Å². The first kappa shape index (κ1) is 13.9. The standard InChI is InChI=1S/C15H22N2O2/c1-11-4-8-13(9-5-11)17(3)10-15(2,14(18)19)16-12-6-7-12/h4-5,8-9,12,16H,6-7,10H2,1-3H3,(H,18,19). The number of nitrogens with zero attached hydrogens (tertiary/aromatic N) is 1. The van der Waals surface area contributed by atoms with Crippen LogP contribution in [-0.4, -0.2) is 36.2 Å². The zero-order valence-electron chi connectivity index (χ0n) is 11.8. The molecule has 1 aromatic rings. The highest BCUT2D eigenvalue weighted by Crippen LogP contribution is 2.24. The molecule has 2 N–H and O–H groups in total. The van der Waals surface area contributed by atoms with Crippen molar-refractivity contribution in [3.05, 3.63) is 29.8 Å². The molecule has 4 heteroatoms. The van der Waals surface area contributed by atoms with Gasteiger partial charge in [0.25, 0.3) is 0 Å². The second-order valence-electron chi connectivity index (χ2n) is 5.75. The summed E-state index contributed by atoms with van der Waals surface area (Å²) in [5.74, 6) is -0.793. The Kier molecular flexibility index (Phi) is 3.80. The predicted octanol–water partition coefficient (Wildman–Crippen LogP) is 2.03. The van der Waals surface area contributed by atoms with Crippen LogP contribution in [0.4, 0.5) is 5.69 Å². The van der Waals surface area contributed by atoms with Gasteiger partial charge in [-0.15, -0.1) is 0 Å². The van der Waals surface area contributed by atoms with Crippen LogP contribution in [0, 0.1) is 6.92 Å². The molecule has 1 saturated carbocycles. The van der Waals surface area contributed by atoms with Crippen LogP contribution in [0.3, 0.4) is 0 Å². The summed E-state index contributed by atoms with van der Waals surface area (Å²) in [6.07, 6.45) is 2.16. The molecule has 0 aromatic heterocycles. The maximum absolute atomic E-state index is 11.5. The molecule has 1 aliphatic rings. The summed E-state index contributed by atoms with van der Waals surface area (Å²) >= 11 is 0. The van der Waals surface area contributed by atoms with Crippen molar-refractivity contribution in [2.45, 2.75) is 38.3 Å². The van der Waals surface area contributed by atoms with Gasteiger partial charge in [0.15, 0.2) is 0 Å². The summed E-state index contributed by atoms with van der Waals surface area (Å²) in [6, 6.07) is 8.49. The van der Waals surface area contributed by atoms with Gasteiger partial charge >= 0.3 is 5.97 Å². The molecule has 1 unspecified atom stereocenters. The molecule has 0 heterocycles. The molecule has 19 heavy (non-hydrogen) atoms. The van der Waals surface area contributed by atoms with E-state index in [1.807, 2.05) is 43.1 Å². The molecule has 1 atom stereocenters. The molecule has 1 aliphatic carbocycles. The van der Waals surface area contributed by atoms with Crippen molar-refractivity contribution in [3.8, 4) is 0 Å². The van der Waals surface area contributed by atoms with Crippen molar-refractivity contribution >= 4 is 11.7 Å². The molecule has 0 amide bonds. The van der Waals surface area contributed by atoms with Gasteiger partial charge in [0.2, 0.25) is 0 Å². The maximum atomic E-state index is 11.5. The number of aliphatic carboxylic acids is 1. The Morgan fingerprint density at radius 1 is 1.42 bits per heavy atom. The lowest BCUT2D eigenvalue weighted by Crippen LogP contribution is -2.57. The lowest BCUT2D eigenvalue weighted by atomic mass is 10.0. The summed E-state index contributed by atoms with van der Waals surface area (Å²) in [5, 5.41) is 12.7. The first-order chi connectivity index (χ1) is 8.90. The van der Waals surface area contributed by atoms with Crippen LogP contribution in [0.15, 0.2) is 24.3 Å². The number of carboxylic acid groups (broad SMARTS) is 1. The summed E-state index contributed by atoms with van der Waals surface area (Å²) in [4.78, 5) is 13.5. The summed E-state index contributed by atoms with van der Waals surface area (Å²) in [5.41, 5.74) is 1.34. The lowest BCUT2D eigenvalue weighted by Gasteiger charge is -2.32. The van der Waals surface area contributed by atoms with Crippen molar-refractivity contribution in [1.29, 1.82) is 0 Å². The third kappa shape index (κ3) is 3.47.